The summed E-state index contributed by atoms with van der Waals surface area (Å²) in [6.07, 6.45) is 2.41. The summed E-state index contributed by atoms with van der Waals surface area (Å²) in [7, 11) is 1.42. The number of hydrogen-bond donors (Lipinski definition) is 3. The number of nitriles is 1. The number of carbonyl (C=O) groups excluding carboxylic acids is 1. The van der Waals surface area contributed by atoms with E-state index in [1.165, 1.54) is 42.4 Å². The number of fused-ring (bicyclic) bond motifs is 1. The Bertz CT molecular complexity index is 1360. The third kappa shape index (κ3) is 4.11. The van der Waals surface area contributed by atoms with Crippen LogP contribution in [-0.2, 0) is 12.1 Å². The van der Waals surface area contributed by atoms with E-state index in [1.54, 1.807) is 6.92 Å². The minimum Gasteiger partial charge on any atom is -0.480 e. The van der Waals surface area contributed by atoms with Crippen LogP contribution in [0.3, 0.4) is 0 Å². The largest absolute Gasteiger partial charge is 0.480 e. The molecule has 1 unspecified atom stereocenters. The van der Waals surface area contributed by atoms with Gasteiger partial charge < -0.3 is 19.7 Å². The number of amides is 2. The van der Waals surface area contributed by atoms with Crippen molar-refractivity contribution in [2.45, 2.75) is 19.0 Å². The number of aromatic nitrogens is 4. The van der Waals surface area contributed by atoms with Gasteiger partial charge in [0.1, 0.15) is 28.8 Å². The number of methoxy groups -OCH3 is 1. The second-order valence-corrected chi connectivity index (χ2v) is 7.42. The number of imidazole rings is 1. The molecule has 2 amide bonds. The number of nitrogens with zero attached hydrogens (tertiary/aromatic N) is 6. The lowest BCUT2D eigenvalue weighted by molar-refractivity contribution is 0.102. The fraction of sp³-hybridized carbons (Fsp3) is 0.190. The molecule has 1 atom stereocenters. The highest BCUT2D eigenvalue weighted by atomic mass is 19.1. The molecule has 4 rings (SSSR count). The Morgan fingerprint density at radius 3 is 2.68 bits per heavy atom. The van der Waals surface area contributed by atoms with Gasteiger partial charge in [0, 0.05) is 11.3 Å². The molecule has 172 valence electrons. The molecule has 2 aromatic heterocycles. The highest BCUT2D eigenvalue weighted by Crippen LogP contribution is 2.35. The molecule has 0 bridgehead atoms. The van der Waals surface area contributed by atoms with Gasteiger partial charge in [-0.1, -0.05) is 0 Å². The number of carbonyl (C=O) groups is 2. The van der Waals surface area contributed by atoms with E-state index >= 15 is 0 Å². The number of carboxylic acid groups (broad SMARTS) is 1. The number of ether oxygens (including phenoxy) is 1. The smallest absolute Gasteiger partial charge is 0.410 e. The summed E-state index contributed by atoms with van der Waals surface area (Å²) in [6.45, 7) is 1.59. The van der Waals surface area contributed by atoms with Crippen molar-refractivity contribution in [3.8, 4) is 11.9 Å². The summed E-state index contributed by atoms with van der Waals surface area (Å²) in [6, 6.07) is 5.88. The van der Waals surface area contributed by atoms with Crippen molar-refractivity contribution in [3.63, 3.8) is 0 Å². The number of anilines is 1. The fourth-order valence-corrected chi connectivity index (χ4v) is 3.53. The normalized spacial score (nSPS) is 16.6. The topological polar surface area (TPSA) is 167 Å². The van der Waals surface area contributed by atoms with Gasteiger partial charge in [-0.2, -0.15) is 5.26 Å². The van der Waals surface area contributed by atoms with Crippen LogP contribution in [-0.4, -0.2) is 49.6 Å². The molecule has 0 saturated carbocycles. The molecule has 3 heterocycles. The quantitative estimate of drug-likeness (QED) is 0.526. The minimum atomic E-state index is -1.39. The van der Waals surface area contributed by atoms with Gasteiger partial charge in [-0.25, -0.2) is 24.1 Å². The SMILES string of the molecule is COc1cnc(C(=O)Nc2ccc(F)c(C3(C)Cn4c(C#N)cnc4C(NC(=O)O)=N3)c2)cn1. The third-order valence-electron chi connectivity index (χ3n) is 5.11. The monoisotopic (exact) mass is 464 g/mol. The molecule has 3 N–H and O–H groups in total. The molecule has 0 radical (unpaired) electrons. The lowest BCUT2D eigenvalue weighted by Gasteiger charge is -2.32. The van der Waals surface area contributed by atoms with Gasteiger partial charge in [-0.05, 0) is 25.1 Å². The Morgan fingerprint density at radius 1 is 1.24 bits per heavy atom. The van der Waals surface area contributed by atoms with Crippen LogP contribution < -0.4 is 15.4 Å². The van der Waals surface area contributed by atoms with E-state index in [2.05, 4.69) is 30.6 Å². The lowest BCUT2D eigenvalue weighted by Crippen LogP contribution is -2.42. The van der Waals surface area contributed by atoms with Crippen molar-refractivity contribution in [1.82, 2.24) is 24.8 Å². The highest BCUT2D eigenvalue weighted by Gasteiger charge is 2.37. The summed E-state index contributed by atoms with van der Waals surface area (Å²) >= 11 is 0. The van der Waals surface area contributed by atoms with E-state index in [9.17, 15) is 24.3 Å². The Morgan fingerprint density at radius 2 is 2.03 bits per heavy atom. The van der Waals surface area contributed by atoms with Crippen LogP contribution in [0.2, 0.25) is 0 Å². The molecule has 0 fully saturated rings. The maximum absolute atomic E-state index is 15.0. The zero-order valence-corrected chi connectivity index (χ0v) is 17.9. The Balaban J connectivity index is 1.70. The molecule has 34 heavy (non-hydrogen) atoms. The van der Waals surface area contributed by atoms with E-state index in [4.69, 9.17) is 4.74 Å². The molecule has 13 heteroatoms. The Hall–Kier alpha value is -4.86. The van der Waals surface area contributed by atoms with Gasteiger partial charge in [0.05, 0.1) is 32.2 Å². The lowest BCUT2D eigenvalue weighted by atomic mass is 9.90. The minimum absolute atomic E-state index is 0.00824. The van der Waals surface area contributed by atoms with Crippen LogP contribution in [0, 0.1) is 17.1 Å². The summed E-state index contributed by atoms with van der Waals surface area (Å²) in [5, 5.41) is 23.4. The molecule has 12 nitrogen and oxygen atoms in total. The zero-order valence-electron chi connectivity index (χ0n) is 17.9. The number of amidine groups is 1. The highest BCUT2D eigenvalue weighted by molar-refractivity contribution is 6.05. The molecular weight excluding hydrogens is 447 g/mol. The average Bonchev–Trinajstić information content (AvgIpc) is 3.22. The van der Waals surface area contributed by atoms with Crippen molar-refractivity contribution >= 4 is 23.5 Å². The number of hydrogen-bond acceptors (Lipinski definition) is 8. The Kier molecular flexibility index (Phi) is 5.64. The van der Waals surface area contributed by atoms with E-state index < -0.39 is 23.4 Å². The van der Waals surface area contributed by atoms with Crippen molar-refractivity contribution in [3.05, 3.63) is 65.4 Å². The van der Waals surface area contributed by atoms with Crippen molar-refractivity contribution in [2.24, 2.45) is 4.99 Å². The predicted octanol–water partition coefficient (Wildman–Crippen LogP) is 1.89. The molecule has 1 aromatic carbocycles. The standard InChI is InChI=1S/C21H17FN8O4/c1-21(10-30-12(6-23)7-26-18(30)17(29-21)28-20(32)33)13-5-11(3-4-14(13)22)27-19(31)15-8-25-16(34-2)9-24-15/h3-5,7-9H,10H2,1-2H3,(H,27,31)(H,28,29)(H,32,33). The van der Waals surface area contributed by atoms with E-state index in [0.29, 0.717) is 0 Å². The summed E-state index contributed by atoms with van der Waals surface area (Å²) in [5.74, 6) is -0.971. The van der Waals surface area contributed by atoms with Gasteiger partial charge in [-0.3, -0.25) is 15.1 Å². The average molecular weight is 464 g/mol. The molecule has 0 aliphatic carbocycles. The second kappa shape index (κ2) is 8.58. The van der Waals surface area contributed by atoms with E-state index in [-0.39, 0.29) is 46.7 Å². The number of rotatable bonds is 4. The van der Waals surface area contributed by atoms with Crippen molar-refractivity contribution in [2.75, 3.05) is 12.4 Å². The van der Waals surface area contributed by atoms with Gasteiger partial charge >= 0.3 is 6.09 Å². The van der Waals surface area contributed by atoms with Gasteiger partial charge in [0.15, 0.2) is 11.7 Å². The van der Waals surface area contributed by atoms with Crippen LogP contribution in [0.25, 0.3) is 0 Å². The number of nitrogens with one attached hydrogen (secondary N) is 2. The summed E-state index contributed by atoms with van der Waals surface area (Å²) in [5.41, 5.74) is -0.840. The first-order chi connectivity index (χ1) is 16.2. The number of aliphatic imine (C=N–C) groups is 1. The van der Waals surface area contributed by atoms with E-state index in [0.717, 1.165) is 6.07 Å². The second-order valence-electron chi connectivity index (χ2n) is 7.42. The van der Waals surface area contributed by atoms with Gasteiger partial charge in [0.2, 0.25) is 5.88 Å². The van der Waals surface area contributed by atoms with Gasteiger partial charge in [0.25, 0.3) is 5.91 Å². The summed E-state index contributed by atoms with van der Waals surface area (Å²) < 4.78 is 21.3. The molecule has 0 saturated heterocycles. The fourth-order valence-electron chi connectivity index (χ4n) is 3.53. The Labute approximate surface area is 191 Å². The predicted molar refractivity (Wildman–Crippen MR) is 115 cm³/mol. The van der Waals surface area contributed by atoms with Crippen LogP contribution in [0.1, 0.15) is 34.5 Å². The maximum Gasteiger partial charge on any atom is 0.410 e. The van der Waals surface area contributed by atoms with Crippen molar-refractivity contribution < 1.29 is 23.8 Å². The van der Waals surface area contributed by atoms with Crippen molar-refractivity contribution in [1.29, 1.82) is 5.26 Å². The number of halogens is 1. The van der Waals surface area contributed by atoms with Crippen LogP contribution >= 0.6 is 0 Å². The van der Waals surface area contributed by atoms with E-state index in [1.807, 2.05) is 6.07 Å². The summed E-state index contributed by atoms with van der Waals surface area (Å²) in [4.78, 5) is 40.2. The van der Waals surface area contributed by atoms with Crippen LogP contribution in [0.5, 0.6) is 5.88 Å². The molecule has 0 spiro atoms. The zero-order chi connectivity index (χ0) is 24.5. The van der Waals surface area contributed by atoms with Gasteiger partial charge in [-0.15, -0.1) is 0 Å². The van der Waals surface area contributed by atoms with Crippen LogP contribution in [0.15, 0.2) is 41.8 Å². The molecular formula is C21H17FN8O4. The first-order valence-corrected chi connectivity index (χ1v) is 9.77. The maximum atomic E-state index is 15.0. The first kappa shape index (κ1) is 22.3. The first-order valence-electron chi connectivity index (χ1n) is 9.77. The molecule has 1 aliphatic rings. The molecule has 1 aliphatic heterocycles. The molecule has 3 aromatic rings. The third-order valence-corrected chi connectivity index (χ3v) is 5.11. The number of benzene rings is 1. The van der Waals surface area contributed by atoms with Crippen LogP contribution in [0.4, 0.5) is 14.9 Å².